The molecule has 0 radical (unpaired) electrons. The molecule has 1 aliphatic heterocycles. The molecule has 0 aliphatic carbocycles. The number of ketones is 1. The van der Waals surface area contributed by atoms with Gasteiger partial charge in [-0.05, 0) is 37.1 Å². The molecule has 26 heavy (non-hydrogen) atoms. The van der Waals surface area contributed by atoms with Crippen molar-refractivity contribution < 1.29 is 4.79 Å². The number of likely N-dealkylation sites (tertiary alicyclic amines) is 1. The highest BCUT2D eigenvalue weighted by Gasteiger charge is 2.27. The van der Waals surface area contributed by atoms with Gasteiger partial charge in [-0.15, -0.1) is 0 Å². The number of benzene rings is 2. The molecule has 1 aliphatic rings. The number of Topliss-reactive ketones (excluding diaryl/α,β-unsaturated/α-hetero) is 1. The summed E-state index contributed by atoms with van der Waals surface area (Å²) in [6.45, 7) is 4.86. The molecule has 1 aromatic heterocycles. The van der Waals surface area contributed by atoms with Gasteiger partial charge < -0.3 is 0 Å². The lowest BCUT2D eigenvalue weighted by molar-refractivity contribution is 0.0813. The van der Waals surface area contributed by atoms with Crippen molar-refractivity contribution in [1.29, 1.82) is 0 Å². The van der Waals surface area contributed by atoms with Crippen molar-refractivity contribution in [2.75, 3.05) is 13.1 Å². The van der Waals surface area contributed by atoms with Crippen molar-refractivity contribution in [3.8, 4) is 0 Å². The summed E-state index contributed by atoms with van der Waals surface area (Å²) in [5, 5.41) is 6.55. The Morgan fingerprint density at radius 1 is 1.19 bits per heavy atom. The number of aromatic nitrogens is 2. The lowest BCUT2D eigenvalue weighted by Crippen LogP contribution is -2.38. The molecular weight excluding hydrogens is 322 g/mol. The van der Waals surface area contributed by atoms with E-state index in [4.69, 9.17) is 0 Å². The first-order valence-electron chi connectivity index (χ1n) is 9.35. The molecule has 3 aromatic rings. The minimum atomic E-state index is 0.0755. The largest absolute Gasteiger partial charge is 0.298 e. The molecule has 0 bridgehead atoms. The normalized spacial score (nSPS) is 18.3. The molecule has 1 fully saturated rings. The minimum Gasteiger partial charge on any atom is -0.298 e. The van der Waals surface area contributed by atoms with Gasteiger partial charge >= 0.3 is 0 Å². The van der Waals surface area contributed by atoms with Crippen molar-refractivity contribution in [3.05, 3.63) is 65.5 Å². The number of hydrogen-bond acceptors (Lipinski definition) is 3. The third kappa shape index (κ3) is 3.17. The number of carbonyl (C=O) groups excluding carboxylic acids is 1. The first kappa shape index (κ1) is 17.0. The second-order valence-electron chi connectivity index (χ2n) is 7.34. The van der Waals surface area contributed by atoms with Crippen molar-refractivity contribution in [2.24, 2.45) is 13.0 Å². The zero-order valence-electron chi connectivity index (χ0n) is 15.5. The maximum Gasteiger partial charge on any atom is 0.167 e. The number of aryl methyl sites for hydroxylation is 1. The monoisotopic (exact) mass is 347 g/mol. The van der Waals surface area contributed by atoms with E-state index in [0.717, 1.165) is 48.8 Å². The fraction of sp³-hybridized carbons (Fsp3) is 0.364. The van der Waals surface area contributed by atoms with Crippen LogP contribution in [0.15, 0.2) is 48.7 Å². The summed E-state index contributed by atoms with van der Waals surface area (Å²) >= 11 is 0. The average molecular weight is 347 g/mol. The van der Waals surface area contributed by atoms with Crippen LogP contribution in [0.4, 0.5) is 0 Å². The lowest BCUT2D eigenvalue weighted by Gasteiger charge is -2.32. The van der Waals surface area contributed by atoms with Crippen LogP contribution in [0, 0.1) is 12.8 Å². The number of carbonyl (C=O) groups is 1. The Kier molecular flexibility index (Phi) is 4.60. The van der Waals surface area contributed by atoms with E-state index >= 15 is 0 Å². The second-order valence-corrected chi connectivity index (χ2v) is 7.34. The lowest BCUT2D eigenvalue weighted by atomic mass is 9.88. The summed E-state index contributed by atoms with van der Waals surface area (Å²) in [7, 11) is 1.97. The first-order chi connectivity index (χ1) is 12.6. The molecule has 4 rings (SSSR count). The highest BCUT2D eigenvalue weighted by molar-refractivity contribution is 6.09. The highest BCUT2D eigenvalue weighted by atomic mass is 16.1. The Bertz CT molecular complexity index is 938. The molecule has 134 valence electrons. The van der Waals surface area contributed by atoms with E-state index < -0.39 is 0 Å². The predicted molar refractivity (Wildman–Crippen MR) is 104 cm³/mol. The number of nitrogens with zero attached hydrogens (tertiary/aromatic N) is 3. The van der Waals surface area contributed by atoms with Crippen LogP contribution < -0.4 is 0 Å². The van der Waals surface area contributed by atoms with Crippen molar-refractivity contribution in [3.63, 3.8) is 0 Å². The predicted octanol–water partition coefficient (Wildman–Crippen LogP) is 3.98. The zero-order valence-corrected chi connectivity index (χ0v) is 15.5. The van der Waals surface area contributed by atoms with Gasteiger partial charge in [0.2, 0.25) is 0 Å². The molecule has 4 heteroatoms. The van der Waals surface area contributed by atoms with Crippen molar-refractivity contribution in [1.82, 2.24) is 14.7 Å². The van der Waals surface area contributed by atoms with Crippen LogP contribution in [0.2, 0.25) is 0 Å². The van der Waals surface area contributed by atoms with Gasteiger partial charge in [-0.1, -0.05) is 42.5 Å². The summed E-state index contributed by atoms with van der Waals surface area (Å²) in [5.74, 6) is 0.362. The number of rotatable bonds is 4. The Morgan fingerprint density at radius 3 is 2.81 bits per heavy atom. The van der Waals surface area contributed by atoms with Crippen molar-refractivity contribution in [2.45, 2.75) is 26.3 Å². The van der Waals surface area contributed by atoms with E-state index in [1.165, 1.54) is 11.3 Å². The van der Waals surface area contributed by atoms with E-state index in [0.29, 0.717) is 0 Å². The number of hydrogen-bond donors (Lipinski definition) is 0. The maximum atomic E-state index is 13.2. The SMILES string of the molecule is Cc1c(CN2CCC[C@@H](C(=O)c3cccc4ccccc34)C2)cnn1C. The fourth-order valence-electron chi connectivity index (χ4n) is 4.01. The van der Waals surface area contributed by atoms with Crippen LogP contribution in [0.5, 0.6) is 0 Å². The molecule has 0 saturated carbocycles. The maximum absolute atomic E-state index is 13.2. The Hall–Kier alpha value is -2.46. The van der Waals surface area contributed by atoms with Gasteiger partial charge in [0.25, 0.3) is 0 Å². The Balaban J connectivity index is 1.53. The standard InChI is InChI=1S/C22H25N3O/c1-16-19(13-23-24(16)2)15-25-12-6-9-18(14-25)22(26)21-11-5-8-17-7-3-4-10-20(17)21/h3-5,7-8,10-11,13,18H,6,9,12,14-15H2,1-2H3/t18-/m1/s1. The molecule has 0 N–H and O–H groups in total. The molecule has 2 aromatic carbocycles. The van der Waals surface area contributed by atoms with E-state index in [2.05, 4.69) is 35.1 Å². The summed E-state index contributed by atoms with van der Waals surface area (Å²) in [6, 6.07) is 14.2. The molecule has 0 amide bonds. The third-order valence-corrected chi connectivity index (χ3v) is 5.66. The third-order valence-electron chi connectivity index (χ3n) is 5.66. The summed E-state index contributed by atoms with van der Waals surface area (Å²) in [6.07, 6.45) is 4.00. The highest BCUT2D eigenvalue weighted by Crippen LogP contribution is 2.26. The molecular formula is C22H25N3O. The van der Waals surface area contributed by atoms with Crippen LogP contribution in [0.3, 0.4) is 0 Å². The van der Waals surface area contributed by atoms with Crippen LogP contribution in [-0.4, -0.2) is 33.6 Å². The molecule has 0 spiro atoms. The molecule has 2 heterocycles. The number of piperidine rings is 1. The molecule has 4 nitrogen and oxygen atoms in total. The first-order valence-corrected chi connectivity index (χ1v) is 9.35. The summed E-state index contributed by atoms with van der Waals surface area (Å²) < 4.78 is 1.91. The van der Waals surface area contributed by atoms with Crippen LogP contribution >= 0.6 is 0 Å². The second kappa shape index (κ2) is 7.04. The molecule has 1 atom stereocenters. The molecule has 0 unspecified atom stereocenters. The van der Waals surface area contributed by atoms with Gasteiger partial charge in [-0.25, -0.2) is 0 Å². The van der Waals surface area contributed by atoms with E-state index in [-0.39, 0.29) is 11.7 Å². The average Bonchev–Trinajstić information content (AvgIpc) is 2.99. The van der Waals surface area contributed by atoms with Gasteiger partial charge in [-0.2, -0.15) is 5.10 Å². The quantitative estimate of drug-likeness (QED) is 0.670. The Labute approximate surface area is 154 Å². The van der Waals surface area contributed by atoms with Gasteiger partial charge in [0.05, 0.1) is 6.20 Å². The van der Waals surface area contributed by atoms with Gasteiger partial charge in [-0.3, -0.25) is 14.4 Å². The summed E-state index contributed by atoms with van der Waals surface area (Å²) in [5.41, 5.74) is 3.32. The van der Waals surface area contributed by atoms with Crippen LogP contribution in [-0.2, 0) is 13.6 Å². The van der Waals surface area contributed by atoms with Gasteiger partial charge in [0.1, 0.15) is 0 Å². The topological polar surface area (TPSA) is 38.1 Å². The number of fused-ring (bicyclic) bond motifs is 1. The summed E-state index contributed by atoms with van der Waals surface area (Å²) in [4.78, 5) is 15.6. The van der Waals surface area contributed by atoms with Gasteiger partial charge in [0, 0.05) is 42.9 Å². The van der Waals surface area contributed by atoms with E-state index in [9.17, 15) is 4.79 Å². The Morgan fingerprint density at radius 2 is 2.00 bits per heavy atom. The van der Waals surface area contributed by atoms with Gasteiger partial charge in [0.15, 0.2) is 5.78 Å². The van der Waals surface area contributed by atoms with E-state index in [1.54, 1.807) is 0 Å². The molecule has 1 saturated heterocycles. The van der Waals surface area contributed by atoms with Crippen LogP contribution in [0.1, 0.15) is 34.5 Å². The smallest absolute Gasteiger partial charge is 0.167 e. The zero-order chi connectivity index (χ0) is 18.1. The minimum absolute atomic E-state index is 0.0755. The van der Waals surface area contributed by atoms with Crippen molar-refractivity contribution >= 4 is 16.6 Å². The van der Waals surface area contributed by atoms with Crippen LogP contribution in [0.25, 0.3) is 10.8 Å². The fourth-order valence-corrected chi connectivity index (χ4v) is 4.01. The van der Waals surface area contributed by atoms with E-state index in [1.807, 2.05) is 42.2 Å².